The third-order valence-electron chi connectivity index (χ3n) is 4.04. The van der Waals surface area contributed by atoms with Crippen LogP contribution in [0.3, 0.4) is 0 Å². The highest BCUT2D eigenvalue weighted by molar-refractivity contribution is 6.30. The van der Waals surface area contributed by atoms with E-state index in [-0.39, 0.29) is 11.9 Å². The Morgan fingerprint density at radius 2 is 1.93 bits per heavy atom. The molecule has 0 bridgehead atoms. The van der Waals surface area contributed by atoms with Crippen molar-refractivity contribution in [1.82, 2.24) is 14.7 Å². The number of rotatable bonds is 4. The Bertz CT molecular complexity index is 828. The Labute approximate surface area is 162 Å². The number of hydrogen-bond donors (Lipinski definition) is 2. The number of halogens is 2. The molecule has 2 aromatic rings. The normalized spacial score (nSPS) is 14.3. The second kappa shape index (κ2) is 9.94. The predicted octanol–water partition coefficient (Wildman–Crippen LogP) is 1.79. The van der Waals surface area contributed by atoms with Gasteiger partial charge in [-0.2, -0.15) is 0 Å². The maximum absolute atomic E-state index is 12.6. The fourth-order valence-electron chi connectivity index (χ4n) is 2.56. The first-order chi connectivity index (χ1) is 12.9. The molecular formula is C18H22ClFN6O. The van der Waals surface area contributed by atoms with Crippen molar-refractivity contribution in [1.29, 1.82) is 10.8 Å². The lowest BCUT2D eigenvalue weighted by atomic mass is 10.2. The minimum atomic E-state index is -0.408. The minimum Gasteiger partial charge on any atom is -0.353 e. The number of aldehydes is 1. The molecule has 1 aliphatic heterocycles. The van der Waals surface area contributed by atoms with Crippen LogP contribution >= 0.6 is 11.6 Å². The van der Waals surface area contributed by atoms with E-state index in [1.165, 1.54) is 16.8 Å². The van der Waals surface area contributed by atoms with Crippen LogP contribution in [0.2, 0.25) is 5.02 Å². The zero-order valence-electron chi connectivity index (χ0n) is 15.0. The van der Waals surface area contributed by atoms with E-state index in [0.29, 0.717) is 16.9 Å². The Balaban J connectivity index is 0.000000208. The van der Waals surface area contributed by atoms with Crippen molar-refractivity contribution in [2.45, 2.75) is 6.42 Å². The molecule has 0 radical (unpaired) electrons. The van der Waals surface area contributed by atoms with Crippen molar-refractivity contribution >= 4 is 30.0 Å². The van der Waals surface area contributed by atoms with Crippen molar-refractivity contribution in [3.8, 4) is 0 Å². The fraction of sp³-hybridized carbons (Fsp3) is 0.333. The number of piperazine rings is 1. The molecule has 1 aromatic carbocycles. The van der Waals surface area contributed by atoms with Crippen LogP contribution in [0.15, 0.2) is 30.3 Å². The Morgan fingerprint density at radius 1 is 1.22 bits per heavy atom. The van der Waals surface area contributed by atoms with Crippen LogP contribution < -0.4 is 10.4 Å². The number of hydrogen-bond acceptors (Lipinski definition) is 6. The largest absolute Gasteiger partial charge is 0.353 e. The number of carbonyl (C=O) groups is 1. The van der Waals surface area contributed by atoms with Gasteiger partial charge in [0.2, 0.25) is 0 Å². The summed E-state index contributed by atoms with van der Waals surface area (Å²) in [5, 5.41) is 19.2. The van der Waals surface area contributed by atoms with Gasteiger partial charge < -0.3 is 14.6 Å². The van der Waals surface area contributed by atoms with Crippen LogP contribution in [0.4, 0.5) is 10.2 Å². The van der Waals surface area contributed by atoms with E-state index in [1.807, 2.05) is 6.07 Å². The van der Waals surface area contributed by atoms with E-state index >= 15 is 0 Å². The molecule has 2 N–H and O–H groups in total. The molecule has 0 unspecified atom stereocenters. The summed E-state index contributed by atoms with van der Waals surface area (Å²) in [4.78, 5) is 14.5. The van der Waals surface area contributed by atoms with Gasteiger partial charge in [0.1, 0.15) is 29.7 Å². The SMILES string of the molecule is CN1CCN(c2ccc(=N)n(C=N)n2)CC1.O=CCc1cc(F)cc(Cl)c1. The van der Waals surface area contributed by atoms with Crippen molar-refractivity contribution in [2.24, 2.45) is 0 Å². The third kappa shape index (κ3) is 6.26. The van der Waals surface area contributed by atoms with E-state index < -0.39 is 5.82 Å². The molecule has 1 aliphatic rings. The topological polar surface area (TPSA) is 89.1 Å². The standard InChI is InChI=1S/C10H16N6.C8H6ClFO/c1-14-4-6-15(7-5-14)10-3-2-9(12)16(8-11)13-10;9-7-3-6(1-2-11)4-8(10)5-7/h2-3,8,11-12H,4-7H2,1H3;2-5H,1H2. The van der Waals surface area contributed by atoms with Crippen LogP contribution in [0, 0.1) is 16.6 Å². The predicted molar refractivity (Wildman–Crippen MR) is 103 cm³/mol. The summed E-state index contributed by atoms with van der Waals surface area (Å²) in [6, 6.07) is 7.58. The van der Waals surface area contributed by atoms with E-state index in [1.54, 1.807) is 12.1 Å². The first-order valence-corrected chi connectivity index (χ1v) is 8.78. The average Bonchev–Trinajstić information content (AvgIpc) is 2.63. The van der Waals surface area contributed by atoms with Gasteiger partial charge in [-0.3, -0.25) is 10.8 Å². The summed E-state index contributed by atoms with van der Waals surface area (Å²) >= 11 is 5.53. The highest BCUT2D eigenvalue weighted by Crippen LogP contribution is 2.13. The van der Waals surface area contributed by atoms with Crippen LogP contribution in [0.1, 0.15) is 5.56 Å². The third-order valence-corrected chi connectivity index (χ3v) is 4.26. The number of anilines is 1. The second-order valence-corrected chi connectivity index (χ2v) is 6.53. The molecule has 0 spiro atoms. The summed E-state index contributed by atoms with van der Waals surface area (Å²) in [6.45, 7) is 3.93. The first-order valence-electron chi connectivity index (χ1n) is 8.40. The molecule has 3 rings (SSSR count). The van der Waals surface area contributed by atoms with Crippen molar-refractivity contribution < 1.29 is 9.18 Å². The number of nitrogens with zero attached hydrogens (tertiary/aromatic N) is 4. The monoisotopic (exact) mass is 392 g/mol. The number of benzene rings is 1. The van der Waals surface area contributed by atoms with Gasteiger partial charge in [-0.25, -0.2) is 9.07 Å². The van der Waals surface area contributed by atoms with Crippen LogP contribution in [-0.4, -0.2) is 60.5 Å². The molecule has 1 aromatic heterocycles. The molecule has 0 atom stereocenters. The zero-order chi connectivity index (χ0) is 19.8. The Kier molecular flexibility index (Phi) is 7.63. The summed E-state index contributed by atoms with van der Waals surface area (Å²) < 4.78 is 13.8. The molecule has 1 fully saturated rings. The van der Waals surface area contributed by atoms with Gasteiger partial charge in [0.05, 0.1) is 0 Å². The van der Waals surface area contributed by atoms with Crippen LogP contribution in [-0.2, 0) is 11.2 Å². The van der Waals surface area contributed by atoms with E-state index in [9.17, 15) is 9.18 Å². The van der Waals surface area contributed by atoms with Gasteiger partial charge in [-0.05, 0) is 42.9 Å². The molecule has 144 valence electrons. The van der Waals surface area contributed by atoms with Crippen LogP contribution in [0.25, 0.3) is 0 Å². The van der Waals surface area contributed by atoms with Crippen LogP contribution in [0.5, 0.6) is 0 Å². The molecule has 0 saturated carbocycles. The lowest BCUT2D eigenvalue weighted by molar-refractivity contribution is -0.107. The summed E-state index contributed by atoms with van der Waals surface area (Å²) in [5.41, 5.74) is 0.831. The van der Waals surface area contributed by atoms with Gasteiger partial charge in [0.15, 0.2) is 0 Å². The fourth-order valence-corrected chi connectivity index (χ4v) is 2.80. The summed E-state index contributed by atoms with van der Waals surface area (Å²) in [7, 11) is 2.11. The van der Waals surface area contributed by atoms with Gasteiger partial charge in [-0.15, -0.1) is 5.10 Å². The number of carbonyl (C=O) groups excluding carboxylic acids is 1. The molecular weight excluding hydrogens is 371 g/mol. The molecule has 0 amide bonds. The van der Waals surface area contributed by atoms with Gasteiger partial charge >= 0.3 is 0 Å². The molecule has 27 heavy (non-hydrogen) atoms. The smallest absolute Gasteiger partial charge is 0.149 e. The molecule has 1 saturated heterocycles. The Hall–Kier alpha value is -2.58. The van der Waals surface area contributed by atoms with Crippen molar-refractivity contribution in [3.05, 3.63) is 52.2 Å². The summed E-state index contributed by atoms with van der Waals surface area (Å²) in [5.74, 6) is 0.432. The first kappa shape index (κ1) is 20.7. The zero-order valence-corrected chi connectivity index (χ0v) is 15.8. The molecule has 7 nitrogen and oxygen atoms in total. The maximum Gasteiger partial charge on any atom is 0.149 e. The summed E-state index contributed by atoms with van der Waals surface area (Å²) in [6.07, 6.45) is 1.98. The minimum absolute atomic E-state index is 0.206. The quantitative estimate of drug-likeness (QED) is 0.471. The van der Waals surface area contributed by atoms with E-state index in [2.05, 4.69) is 21.9 Å². The number of likely N-dealkylation sites (N-methyl/N-ethyl adjacent to an activating group) is 1. The molecule has 0 aliphatic carbocycles. The van der Waals surface area contributed by atoms with Crippen molar-refractivity contribution in [2.75, 3.05) is 38.1 Å². The second-order valence-electron chi connectivity index (χ2n) is 6.09. The van der Waals surface area contributed by atoms with Gasteiger partial charge in [0.25, 0.3) is 0 Å². The maximum atomic E-state index is 12.6. The number of nitrogens with one attached hydrogen (secondary N) is 2. The highest BCUT2D eigenvalue weighted by Gasteiger charge is 2.15. The van der Waals surface area contributed by atoms with Crippen molar-refractivity contribution in [3.63, 3.8) is 0 Å². The molecule has 2 heterocycles. The lowest BCUT2D eigenvalue weighted by Gasteiger charge is -2.33. The molecule has 9 heteroatoms. The lowest BCUT2D eigenvalue weighted by Crippen LogP contribution is -2.45. The number of aromatic nitrogens is 2. The van der Waals surface area contributed by atoms with Gasteiger partial charge in [-0.1, -0.05) is 11.6 Å². The Morgan fingerprint density at radius 3 is 2.52 bits per heavy atom. The van der Waals surface area contributed by atoms with E-state index in [4.69, 9.17) is 22.4 Å². The van der Waals surface area contributed by atoms with E-state index in [0.717, 1.165) is 38.3 Å². The highest BCUT2D eigenvalue weighted by atomic mass is 35.5. The van der Waals surface area contributed by atoms with Gasteiger partial charge in [0, 0.05) is 37.6 Å². The average molecular weight is 393 g/mol.